The van der Waals surface area contributed by atoms with Crippen LogP contribution >= 0.6 is 0 Å². The van der Waals surface area contributed by atoms with Crippen LogP contribution in [0.25, 0.3) is 0 Å². The average molecular weight is 292 g/mol. The fraction of sp³-hybridized carbons (Fsp3) is 0.800. The number of ether oxygens (including phenoxy) is 1. The quantitative estimate of drug-likeness (QED) is 0.896. The third-order valence-electron chi connectivity index (χ3n) is 5.22. The highest BCUT2D eigenvalue weighted by Gasteiger charge is 2.57. The number of hydrogen-bond acceptors (Lipinski definition) is 4. The van der Waals surface area contributed by atoms with Gasteiger partial charge in [-0.2, -0.15) is 5.10 Å². The van der Waals surface area contributed by atoms with Crippen molar-refractivity contribution in [2.45, 2.75) is 64.1 Å². The van der Waals surface area contributed by atoms with E-state index in [9.17, 15) is 4.79 Å². The van der Waals surface area contributed by atoms with Crippen molar-refractivity contribution in [3.8, 4) is 0 Å². The molecule has 3 rings (SSSR count). The van der Waals surface area contributed by atoms with Crippen LogP contribution in [0.1, 0.15) is 52.0 Å². The first-order valence-corrected chi connectivity index (χ1v) is 7.93. The largest absolute Gasteiger partial charge is 0.378 e. The van der Waals surface area contributed by atoms with Crippen molar-refractivity contribution in [2.75, 3.05) is 6.61 Å². The van der Waals surface area contributed by atoms with Crippen LogP contribution in [0.2, 0.25) is 0 Å². The van der Waals surface area contributed by atoms with E-state index in [-0.39, 0.29) is 23.4 Å². The molecule has 1 aromatic rings. The molecular formula is C15H24N4O2. The summed E-state index contributed by atoms with van der Waals surface area (Å²) in [5.74, 6) is 0.0201. The Morgan fingerprint density at radius 3 is 2.90 bits per heavy atom. The van der Waals surface area contributed by atoms with Crippen molar-refractivity contribution in [3.63, 3.8) is 0 Å². The summed E-state index contributed by atoms with van der Waals surface area (Å²) in [5.41, 5.74) is 0.174. The summed E-state index contributed by atoms with van der Waals surface area (Å²) < 4.78 is 7.47. The zero-order valence-electron chi connectivity index (χ0n) is 12.8. The number of nitrogens with one attached hydrogen (secondary N) is 1. The van der Waals surface area contributed by atoms with Gasteiger partial charge in [0.15, 0.2) is 0 Å². The van der Waals surface area contributed by atoms with E-state index in [1.54, 1.807) is 11.0 Å². The number of carbonyl (C=O) groups excluding carboxylic acids is 1. The van der Waals surface area contributed by atoms with E-state index >= 15 is 0 Å². The number of nitrogens with zero attached hydrogens (tertiary/aromatic N) is 3. The molecule has 0 radical (unpaired) electrons. The molecule has 6 nitrogen and oxygen atoms in total. The molecule has 1 spiro atoms. The smallest absolute Gasteiger partial charge is 0.244 e. The summed E-state index contributed by atoms with van der Waals surface area (Å²) in [4.78, 5) is 16.3. The highest BCUT2D eigenvalue weighted by molar-refractivity contribution is 5.80. The molecule has 2 aliphatic carbocycles. The van der Waals surface area contributed by atoms with Crippen molar-refractivity contribution in [1.82, 2.24) is 20.1 Å². The van der Waals surface area contributed by atoms with Crippen LogP contribution in [0.3, 0.4) is 0 Å². The Balaban J connectivity index is 1.64. The van der Waals surface area contributed by atoms with Crippen LogP contribution in [-0.2, 0) is 9.53 Å². The number of rotatable bonds is 5. The second-order valence-electron chi connectivity index (χ2n) is 6.23. The highest BCUT2D eigenvalue weighted by atomic mass is 16.5. The maximum atomic E-state index is 12.4. The van der Waals surface area contributed by atoms with E-state index in [0.29, 0.717) is 6.10 Å². The lowest BCUT2D eigenvalue weighted by molar-refractivity contribution is -0.146. The third kappa shape index (κ3) is 2.46. The van der Waals surface area contributed by atoms with Gasteiger partial charge in [-0.3, -0.25) is 4.79 Å². The second-order valence-corrected chi connectivity index (χ2v) is 6.23. The fourth-order valence-corrected chi connectivity index (χ4v) is 3.92. The minimum Gasteiger partial charge on any atom is -0.378 e. The van der Waals surface area contributed by atoms with E-state index in [1.807, 2.05) is 13.8 Å². The molecular weight excluding hydrogens is 268 g/mol. The van der Waals surface area contributed by atoms with E-state index in [0.717, 1.165) is 13.0 Å². The maximum absolute atomic E-state index is 12.4. The molecule has 21 heavy (non-hydrogen) atoms. The number of carbonyl (C=O) groups is 1. The molecule has 2 saturated carbocycles. The van der Waals surface area contributed by atoms with E-state index < -0.39 is 0 Å². The molecule has 0 saturated heterocycles. The summed E-state index contributed by atoms with van der Waals surface area (Å²) in [5, 5.41) is 7.26. The fourth-order valence-electron chi connectivity index (χ4n) is 3.92. The Labute approximate surface area is 125 Å². The van der Waals surface area contributed by atoms with Crippen LogP contribution in [-0.4, -0.2) is 39.4 Å². The van der Waals surface area contributed by atoms with Gasteiger partial charge in [-0.05, 0) is 33.1 Å². The molecule has 1 heterocycles. The van der Waals surface area contributed by atoms with Gasteiger partial charge in [0.2, 0.25) is 5.91 Å². The number of aromatic nitrogens is 3. The van der Waals surface area contributed by atoms with Gasteiger partial charge in [-0.25, -0.2) is 9.67 Å². The van der Waals surface area contributed by atoms with Crippen LogP contribution in [0.15, 0.2) is 12.7 Å². The monoisotopic (exact) mass is 292 g/mol. The van der Waals surface area contributed by atoms with Crippen molar-refractivity contribution in [3.05, 3.63) is 12.7 Å². The van der Waals surface area contributed by atoms with Gasteiger partial charge in [0.05, 0.1) is 6.10 Å². The Morgan fingerprint density at radius 2 is 2.29 bits per heavy atom. The summed E-state index contributed by atoms with van der Waals surface area (Å²) in [7, 11) is 0. The Kier molecular flexibility index (Phi) is 3.97. The van der Waals surface area contributed by atoms with Crippen LogP contribution in [0, 0.1) is 5.41 Å². The minimum absolute atomic E-state index is 0.0201. The van der Waals surface area contributed by atoms with Gasteiger partial charge >= 0.3 is 0 Å². The van der Waals surface area contributed by atoms with Crippen molar-refractivity contribution >= 4 is 5.91 Å². The molecule has 0 aliphatic heterocycles. The van der Waals surface area contributed by atoms with E-state index in [1.165, 1.54) is 32.0 Å². The number of hydrogen-bond donors (Lipinski definition) is 1. The van der Waals surface area contributed by atoms with Crippen LogP contribution < -0.4 is 5.32 Å². The van der Waals surface area contributed by atoms with Crippen molar-refractivity contribution in [2.24, 2.45) is 5.41 Å². The summed E-state index contributed by atoms with van der Waals surface area (Å²) >= 11 is 0. The van der Waals surface area contributed by atoms with Gasteiger partial charge in [0.1, 0.15) is 18.7 Å². The Hall–Kier alpha value is -1.43. The molecule has 1 aromatic heterocycles. The zero-order chi connectivity index (χ0) is 14.9. The molecule has 3 atom stereocenters. The Bertz CT molecular complexity index is 482. The highest BCUT2D eigenvalue weighted by Crippen LogP contribution is 2.54. The lowest BCUT2D eigenvalue weighted by atomic mass is 9.60. The summed E-state index contributed by atoms with van der Waals surface area (Å²) in [6, 6.07) is -0.0767. The van der Waals surface area contributed by atoms with Crippen molar-refractivity contribution < 1.29 is 9.53 Å². The van der Waals surface area contributed by atoms with Gasteiger partial charge in [0, 0.05) is 18.1 Å². The lowest BCUT2D eigenvalue weighted by Crippen LogP contribution is -2.64. The number of amides is 1. The van der Waals surface area contributed by atoms with Crippen LogP contribution in [0.5, 0.6) is 0 Å². The molecule has 6 heteroatoms. The first-order valence-electron chi connectivity index (χ1n) is 7.93. The molecule has 1 N–H and O–H groups in total. The third-order valence-corrected chi connectivity index (χ3v) is 5.22. The molecule has 0 bridgehead atoms. The lowest BCUT2D eigenvalue weighted by Gasteiger charge is -2.54. The SMILES string of the molecule is CCO[C@@H]1C[C@@H](NC(=O)[C@H](C)n2cncn2)C12CCCC2. The van der Waals surface area contributed by atoms with Gasteiger partial charge < -0.3 is 10.1 Å². The predicted molar refractivity (Wildman–Crippen MR) is 77.6 cm³/mol. The minimum atomic E-state index is -0.322. The first-order chi connectivity index (χ1) is 10.2. The Morgan fingerprint density at radius 1 is 1.52 bits per heavy atom. The standard InChI is InChI=1S/C15H24N4O2/c1-3-21-13-8-12(15(13)6-4-5-7-15)18-14(20)11(2)19-10-16-9-17-19/h9-13H,3-8H2,1-2H3,(H,18,20)/t11-,12+,13+/m0/s1. The van der Waals surface area contributed by atoms with E-state index in [4.69, 9.17) is 4.74 Å². The molecule has 116 valence electrons. The first kappa shape index (κ1) is 14.5. The molecule has 2 fully saturated rings. The molecule has 0 aromatic carbocycles. The molecule has 2 aliphatic rings. The van der Waals surface area contributed by atoms with Gasteiger partial charge in [-0.1, -0.05) is 12.8 Å². The summed E-state index contributed by atoms with van der Waals surface area (Å²) in [6.45, 7) is 4.65. The topological polar surface area (TPSA) is 69.0 Å². The second kappa shape index (κ2) is 5.75. The zero-order valence-corrected chi connectivity index (χ0v) is 12.8. The summed E-state index contributed by atoms with van der Waals surface area (Å²) in [6.07, 6.45) is 9.11. The molecule has 1 amide bonds. The van der Waals surface area contributed by atoms with Gasteiger partial charge in [0.25, 0.3) is 0 Å². The maximum Gasteiger partial charge on any atom is 0.244 e. The van der Waals surface area contributed by atoms with Gasteiger partial charge in [-0.15, -0.1) is 0 Å². The average Bonchev–Trinajstić information content (AvgIpc) is 3.17. The molecule has 0 unspecified atom stereocenters. The predicted octanol–water partition coefficient (Wildman–Crippen LogP) is 1.69. The van der Waals surface area contributed by atoms with Crippen LogP contribution in [0.4, 0.5) is 0 Å². The van der Waals surface area contributed by atoms with E-state index in [2.05, 4.69) is 15.4 Å². The normalized spacial score (nSPS) is 28.3. The van der Waals surface area contributed by atoms with Crippen molar-refractivity contribution in [1.29, 1.82) is 0 Å².